The second-order valence-electron chi connectivity index (χ2n) is 7.46. The third kappa shape index (κ3) is 14.8. The first-order valence-corrected chi connectivity index (χ1v) is 12.4. The Morgan fingerprint density at radius 2 is 0.821 bits per heavy atom. The molecule has 0 saturated carbocycles. The minimum atomic E-state index is -1.79. The lowest BCUT2D eigenvalue weighted by atomic mass is 10.1. The topological polar surface area (TPSA) is 85.3 Å². The van der Waals surface area contributed by atoms with Crippen LogP contribution in [0.2, 0.25) is 0 Å². The Kier molecular flexibility index (Phi) is 17.1. The highest BCUT2D eigenvalue weighted by Gasteiger charge is 2.21. The van der Waals surface area contributed by atoms with Gasteiger partial charge in [0.15, 0.2) is 11.6 Å². The van der Waals surface area contributed by atoms with Crippen LogP contribution in [-0.4, -0.2) is 38.8 Å². The van der Waals surface area contributed by atoms with Crippen molar-refractivity contribution >= 4 is 33.9 Å². The van der Waals surface area contributed by atoms with Crippen LogP contribution in [0.3, 0.4) is 0 Å². The van der Waals surface area contributed by atoms with Crippen molar-refractivity contribution in [2.24, 2.45) is 0 Å². The van der Waals surface area contributed by atoms with Gasteiger partial charge in [-0.3, -0.25) is 23.4 Å². The minimum Gasteiger partial charge on any atom is -0.291 e. The molecule has 0 N–H and O–H groups in total. The third-order valence-electron chi connectivity index (χ3n) is 4.72. The van der Waals surface area contributed by atoms with Crippen molar-refractivity contribution in [2.75, 3.05) is 11.5 Å². The molecule has 0 aliphatic carbocycles. The fourth-order valence-corrected chi connectivity index (χ4v) is 3.92. The van der Waals surface area contributed by atoms with Gasteiger partial charge >= 0.3 is 0 Å². The summed E-state index contributed by atoms with van der Waals surface area (Å²) in [7, 11) is -1.79. The highest BCUT2D eigenvalue weighted by atomic mass is 32.2. The highest BCUT2D eigenvalue weighted by molar-refractivity contribution is 7.86. The molecule has 5 nitrogen and oxygen atoms in total. The molecule has 6 heteroatoms. The van der Waals surface area contributed by atoms with Crippen LogP contribution in [0.15, 0.2) is 0 Å². The van der Waals surface area contributed by atoms with Crippen LogP contribution in [0, 0.1) is 0 Å². The van der Waals surface area contributed by atoms with Gasteiger partial charge in [0.05, 0.1) is 11.5 Å². The van der Waals surface area contributed by atoms with Crippen LogP contribution >= 0.6 is 0 Å². The average molecular weight is 415 g/mol. The Hall–Kier alpha value is -1.17. The van der Waals surface area contributed by atoms with Crippen LogP contribution in [-0.2, 0) is 30.0 Å². The van der Waals surface area contributed by atoms with Gasteiger partial charge in [0.25, 0.3) is 0 Å². The van der Waals surface area contributed by atoms with E-state index in [2.05, 4.69) is 13.8 Å². The zero-order valence-corrected chi connectivity index (χ0v) is 18.6. The molecule has 0 rings (SSSR count). The molecule has 0 bridgehead atoms. The molecule has 0 saturated heterocycles. The van der Waals surface area contributed by atoms with E-state index in [0.29, 0.717) is 12.8 Å². The van der Waals surface area contributed by atoms with E-state index in [1.165, 1.54) is 12.8 Å². The molecule has 0 atom stereocenters. The Balaban J connectivity index is 3.94. The molecule has 0 fully saturated rings. The molecule has 0 heterocycles. The number of unbranched alkanes of at least 4 members (excludes halogenated alkanes) is 10. The zero-order valence-electron chi connectivity index (χ0n) is 17.8. The normalized spacial score (nSPS) is 11.0. The summed E-state index contributed by atoms with van der Waals surface area (Å²) in [4.78, 5) is 47.3. The summed E-state index contributed by atoms with van der Waals surface area (Å²) in [5.41, 5.74) is 0. The lowest BCUT2D eigenvalue weighted by Crippen LogP contribution is -2.27. The van der Waals surface area contributed by atoms with Crippen molar-refractivity contribution in [1.82, 2.24) is 0 Å². The molecule has 28 heavy (non-hydrogen) atoms. The smallest absolute Gasteiger partial charge is 0.210 e. The molecule has 0 aromatic carbocycles. The van der Waals surface area contributed by atoms with E-state index in [1.807, 2.05) is 0 Å². The minimum absolute atomic E-state index is 0.174. The molecule has 0 aromatic heterocycles. The molecule has 0 aliphatic heterocycles. The van der Waals surface area contributed by atoms with Crippen LogP contribution < -0.4 is 0 Å². The molecule has 0 radical (unpaired) electrons. The maximum Gasteiger partial charge on any atom is 0.210 e. The van der Waals surface area contributed by atoms with Crippen molar-refractivity contribution in [3.8, 4) is 0 Å². The van der Waals surface area contributed by atoms with Gasteiger partial charge in [0.1, 0.15) is 0 Å². The Labute approximate surface area is 172 Å². The van der Waals surface area contributed by atoms with Crippen LogP contribution in [0.1, 0.15) is 104 Å². The highest BCUT2D eigenvalue weighted by Crippen LogP contribution is 2.09. The Morgan fingerprint density at radius 1 is 0.500 bits per heavy atom. The average Bonchev–Trinajstić information content (AvgIpc) is 2.66. The van der Waals surface area contributed by atoms with Crippen LogP contribution in [0.4, 0.5) is 0 Å². The van der Waals surface area contributed by atoms with Crippen LogP contribution in [0.5, 0.6) is 0 Å². The fourth-order valence-electron chi connectivity index (χ4n) is 2.92. The van der Waals surface area contributed by atoms with Crippen molar-refractivity contribution < 1.29 is 23.4 Å². The largest absolute Gasteiger partial charge is 0.291 e. The first kappa shape index (κ1) is 26.8. The van der Waals surface area contributed by atoms with Gasteiger partial charge in [-0.2, -0.15) is 0 Å². The summed E-state index contributed by atoms with van der Waals surface area (Å²) in [6, 6.07) is 0. The predicted octanol–water partition coefficient (Wildman–Crippen LogP) is 4.51. The third-order valence-corrected chi connectivity index (χ3v) is 5.89. The Bertz CT molecular complexity index is 469. The Morgan fingerprint density at radius 3 is 1.18 bits per heavy atom. The van der Waals surface area contributed by atoms with Crippen molar-refractivity contribution in [3.05, 3.63) is 0 Å². The van der Waals surface area contributed by atoms with Crippen molar-refractivity contribution in [3.63, 3.8) is 0 Å². The summed E-state index contributed by atoms with van der Waals surface area (Å²) in [5, 5.41) is 0. The molecular weight excluding hydrogens is 376 g/mol. The second-order valence-corrected chi connectivity index (χ2v) is 8.91. The van der Waals surface area contributed by atoms with Gasteiger partial charge in [-0.25, -0.2) is 0 Å². The number of carbonyl (C=O) groups is 4. The predicted molar refractivity (Wildman–Crippen MR) is 114 cm³/mol. The van der Waals surface area contributed by atoms with E-state index < -0.39 is 45.4 Å². The molecule has 0 spiro atoms. The maximum absolute atomic E-state index is 11.9. The number of rotatable bonds is 20. The van der Waals surface area contributed by atoms with Crippen LogP contribution in [0.25, 0.3) is 0 Å². The first-order valence-electron chi connectivity index (χ1n) is 10.9. The van der Waals surface area contributed by atoms with Gasteiger partial charge in [-0.05, 0) is 12.8 Å². The molecule has 0 amide bonds. The quantitative estimate of drug-likeness (QED) is 0.216. The molecule has 0 aliphatic rings. The first-order chi connectivity index (χ1) is 13.4. The number of Topliss-reactive ketones (excluding diaryl/α,β-unsaturated/α-hetero) is 4. The van der Waals surface area contributed by atoms with E-state index in [1.54, 1.807) is 0 Å². The van der Waals surface area contributed by atoms with Crippen molar-refractivity contribution in [2.45, 2.75) is 104 Å². The van der Waals surface area contributed by atoms with E-state index in [4.69, 9.17) is 0 Å². The number of ketones is 4. The van der Waals surface area contributed by atoms with Gasteiger partial charge < -0.3 is 0 Å². The van der Waals surface area contributed by atoms with Gasteiger partial charge in [0, 0.05) is 23.6 Å². The fraction of sp³-hybridized carbons (Fsp3) is 0.818. The van der Waals surface area contributed by atoms with E-state index in [9.17, 15) is 23.4 Å². The van der Waals surface area contributed by atoms with E-state index >= 15 is 0 Å². The number of hydrogen-bond donors (Lipinski definition) is 0. The lowest BCUT2D eigenvalue weighted by Gasteiger charge is -2.03. The summed E-state index contributed by atoms with van der Waals surface area (Å²) in [6.45, 7) is 4.27. The molecular formula is C22H38O5S. The van der Waals surface area contributed by atoms with Gasteiger partial charge in [0.2, 0.25) is 11.6 Å². The molecule has 162 valence electrons. The summed E-state index contributed by atoms with van der Waals surface area (Å²) < 4.78 is 11.9. The van der Waals surface area contributed by atoms with E-state index in [0.717, 1.165) is 51.4 Å². The number of hydrogen-bond acceptors (Lipinski definition) is 5. The standard InChI is InChI=1S/C22H38O5S/c1-3-5-7-9-11-13-15-19(23)21(25)17-28(27)18-22(26)20(24)16-14-12-10-8-6-4-2/h3-18H2,1-2H3. The van der Waals surface area contributed by atoms with E-state index in [-0.39, 0.29) is 12.8 Å². The summed E-state index contributed by atoms with van der Waals surface area (Å²) in [6.07, 6.45) is 12.5. The monoisotopic (exact) mass is 414 g/mol. The maximum atomic E-state index is 11.9. The number of carbonyl (C=O) groups excluding carboxylic acids is 4. The van der Waals surface area contributed by atoms with Gasteiger partial charge in [-0.15, -0.1) is 0 Å². The van der Waals surface area contributed by atoms with Crippen molar-refractivity contribution in [1.29, 1.82) is 0 Å². The second kappa shape index (κ2) is 17.9. The molecule has 0 aromatic rings. The summed E-state index contributed by atoms with van der Waals surface area (Å²) in [5.74, 6) is -3.33. The zero-order chi connectivity index (χ0) is 21.2. The van der Waals surface area contributed by atoms with Gasteiger partial charge in [-0.1, -0.05) is 78.1 Å². The summed E-state index contributed by atoms with van der Waals surface area (Å²) >= 11 is 0. The molecule has 0 unspecified atom stereocenters. The SMILES string of the molecule is CCCCCCCCC(=O)C(=O)CS(=O)CC(=O)C(=O)CCCCCCCC. The lowest BCUT2D eigenvalue weighted by molar-refractivity contribution is -0.135.